The number of hydrogen-bond donors (Lipinski definition) is 0. The second kappa shape index (κ2) is 5.93. The largest absolute Gasteiger partial charge is 0.465 e. The molecule has 2 heterocycles. The minimum atomic E-state index is -0.104. The van der Waals surface area contributed by atoms with Gasteiger partial charge in [-0.05, 0) is 37.3 Å². The molecule has 1 amide bonds. The molecule has 0 atom stereocenters. The van der Waals surface area contributed by atoms with Gasteiger partial charge >= 0.3 is 0 Å². The van der Waals surface area contributed by atoms with Crippen LogP contribution >= 0.6 is 11.3 Å². The van der Waals surface area contributed by atoms with E-state index < -0.39 is 0 Å². The molecule has 0 saturated heterocycles. The standard InChI is InChI=1S/C16H14N2O2S/c1-2-18(15(19)10-9-12-6-5-11-20-12)16-17-13-7-3-4-8-14(13)21-16/h3-11H,2H2,1H3/b10-9+. The fourth-order valence-corrected chi connectivity index (χ4v) is 3.03. The van der Waals surface area contributed by atoms with Gasteiger partial charge in [-0.1, -0.05) is 23.5 Å². The van der Waals surface area contributed by atoms with Gasteiger partial charge in [0.2, 0.25) is 0 Å². The van der Waals surface area contributed by atoms with Crippen LogP contribution in [0.4, 0.5) is 5.13 Å². The van der Waals surface area contributed by atoms with E-state index in [1.807, 2.05) is 31.2 Å². The molecule has 0 radical (unpaired) electrons. The maximum Gasteiger partial charge on any atom is 0.252 e. The summed E-state index contributed by atoms with van der Waals surface area (Å²) in [4.78, 5) is 18.5. The van der Waals surface area contributed by atoms with E-state index >= 15 is 0 Å². The zero-order chi connectivity index (χ0) is 14.7. The first-order valence-electron chi connectivity index (χ1n) is 6.66. The predicted octanol–water partition coefficient (Wildman–Crippen LogP) is 3.96. The molecular weight excluding hydrogens is 284 g/mol. The van der Waals surface area contributed by atoms with Crippen LogP contribution in [-0.4, -0.2) is 17.4 Å². The summed E-state index contributed by atoms with van der Waals surface area (Å²) < 4.78 is 6.26. The smallest absolute Gasteiger partial charge is 0.252 e. The van der Waals surface area contributed by atoms with Crippen molar-refractivity contribution in [3.8, 4) is 0 Å². The lowest BCUT2D eigenvalue weighted by atomic mass is 10.3. The molecule has 0 saturated carbocycles. The monoisotopic (exact) mass is 298 g/mol. The fourth-order valence-electron chi connectivity index (χ4n) is 1.99. The topological polar surface area (TPSA) is 46.3 Å². The predicted molar refractivity (Wildman–Crippen MR) is 85.4 cm³/mol. The van der Waals surface area contributed by atoms with Crippen LogP contribution in [0.15, 0.2) is 53.2 Å². The molecular formula is C16H14N2O2S. The Balaban J connectivity index is 1.85. The molecule has 106 valence electrons. The maximum atomic E-state index is 12.3. The second-order valence-corrected chi connectivity index (χ2v) is 5.40. The van der Waals surface area contributed by atoms with Crippen LogP contribution in [0.2, 0.25) is 0 Å². The number of anilines is 1. The highest BCUT2D eigenvalue weighted by Crippen LogP contribution is 2.28. The normalized spacial score (nSPS) is 11.3. The summed E-state index contributed by atoms with van der Waals surface area (Å²) in [6.45, 7) is 2.51. The fraction of sp³-hybridized carbons (Fsp3) is 0.125. The van der Waals surface area contributed by atoms with E-state index in [-0.39, 0.29) is 5.91 Å². The number of amides is 1. The highest BCUT2D eigenvalue weighted by atomic mass is 32.1. The number of carbonyl (C=O) groups excluding carboxylic acids is 1. The SMILES string of the molecule is CCN(C(=O)/C=C/c1ccco1)c1nc2ccccc2s1. The van der Waals surface area contributed by atoms with Crippen molar-refractivity contribution in [1.82, 2.24) is 4.98 Å². The highest BCUT2D eigenvalue weighted by Gasteiger charge is 2.15. The molecule has 0 aliphatic rings. The van der Waals surface area contributed by atoms with E-state index in [0.717, 1.165) is 10.2 Å². The molecule has 0 spiro atoms. The van der Waals surface area contributed by atoms with Crippen LogP contribution in [0, 0.1) is 0 Å². The van der Waals surface area contributed by atoms with Gasteiger partial charge in [0, 0.05) is 12.6 Å². The third-order valence-electron chi connectivity index (χ3n) is 3.03. The van der Waals surface area contributed by atoms with Crippen molar-refractivity contribution in [1.29, 1.82) is 0 Å². The average molecular weight is 298 g/mol. The van der Waals surface area contributed by atoms with Crippen molar-refractivity contribution in [2.45, 2.75) is 6.92 Å². The Bertz CT molecular complexity index is 742. The van der Waals surface area contributed by atoms with E-state index in [1.54, 1.807) is 29.4 Å². The molecule has 0 bridgehead atoms. The summed E-state index contributed by atoms with van der Waals surface area (Å²) in [5.41, 5.74) is 0.916. The Kier molecular flexibility index (Phi) is 3.83. The van der Waals surface area contributed by atoms with Crippen molar-refractivity contribution in [3.05, 3.63) is 54.5 Å². The lowest BCUT2D eigenvalue weighted by Gasteiger charge is -2.14. The van der Waals surface area contributed by atoms with Gasteiger partial charge in [0.05, 0.1) is 16.5 Å². The first kappa shape index (κ1) is 13.6. The molecule has 5 heteroatoms. The summed E-state index contributed by atoms with van der Waals surface area (Å²) in [5.74, 6) is 0.552. The Labute approximate surface area is 126 Å². The van der Waals surface area contributed by atoms with Gasteiger partial charge in [0.15, 0.2) is 5.13 Å². The average Bonchev–Trinajstić information content (AvgIpc) is 3.15. The summed E-state index contributed by atoms with van der Waals surface area (Å²) >= 11 is 1.52. The number of fused-ring (bicyclic) bond motifs is 1. The van der Waals surface area contributed by atoms with Gasteiger partial charge in [-0.3, -0.25) is 9.69 Å². The number of hydrogen-bond acceptors (Lipinski definition) is 4. The third kappa shape index (κ3) is 2.87. The Morgan fingerprint density at radius 3 is 2.90 bits per heavy atom. The number of nitrogens with zero attached hydrogens (tertiary/aromatic N) is 2. The highest BCUT2D eigenvalue weighted by molar-refractivity contribution is 7.22. The number of para-hydroxylation sites is 1. The van der Waals surface area contributed by atoms with Crippen molar-refractivity contribution in [2.75, 3.05) is 11.4 Å². The van der Waals surface area contributed by atoms with E-state index in [4.69, 9.17) is 4.42 Å². The number of benzene rings is 1. The van der Waals surface area contributed by atoms with Crippen LogP contribution in [0.5, 0.6) is 0 Å². The van der Waals surface area contributed by atoms with Gasteiger partial charge in [-0.2, -0.15) is 0 Å². The maximum absolute atomic E-state index is 12.3. The van der Waals surface area contributed by atoms with Crippen molar-refractivity contribution in [3.63, 3.8) is 0 Å². The van der Waals surface area contributed by atoms with Crippen LogP contribution in [0.1, 0.15) is 12.7 Å². The Morgan fingerprint density at radius 1 is 1.33 bits per heavy atom. The molecule has 21 heavy (non-hydrogen) atoms. The molecule has 1 aromatic carbocycles. The van der Waals surface area contributed by atoms with Crippen molar-refractivity contribution >= 4 is 38.7 Å². The lowest BCUT2D eigenvalue weighted by Crippen LogP contribution is -2.28. The molecule has 0 aliphatic carbocycles. The van der Waals surface area contributed by atoms with Crippen LogP contribution in [0.25, 0.3) is 16.3 Å². The number of thiazole rings is 1. The second-order valence-electron chi connectivity index (χ2n) is 4.40. The third-order valence-corrected chi connectivity index (χ3v) is 4.09. The van der Waals surface area contributed by atoms with Crippen LogP contribution in [0.3, 0.4) is 0 Å². The van der Waals surface area contributed by atoms with E-state index in [0.29, 0.717) is 17.4 Å². The van der Waals surface area contributed by atoms with Gasteiger partial charge < -0.3 is 4.42 Å². The van der Waals surface area contributed by atoms with Gasteiger partial charge in [0.1, 0.15) is 5.76 Å². The van der Waals surface area contributed by atoms with Crippen LogP contribution in [-0.2, 0) is 4.79 Å². The van der Waals surface area contributed by atoms with Gasteiger partial charge in [0.25, 0.3) is 5.91 Å². The Hall–Kier alpha value is -2.40. The molecule has 3 rings (SSSR count). The first-order chi connectivity index (χ1) is 10.3. The molecule has 0 N–H and O–H groups in total. The van der Waals surface area contributed by atoms with E-state index in [9.17, 15) is 4.79 Å². The molecule has 0 aliphatic heterocycles. The summed E-state index contributed by atoms with van der Waals surface area (Å²) in [6, 6.07) is 11.5. The summed E-state index contributed by atoms with van der Waals surface area (Å²) in [6.07, 6.45) is 4.75. The molecule has 3 aromatic rings. The summed E-state index contributed by atoms with van der Waals surface area (Å²) in [7, 11) is 0. The van der Waals surface area contributed by atoms with E-state index in [1.165, 1.54) is 17.4 Å². The number of carbonyl (C=O) groups is 1. The number of rotatable bonds is 4. The zero-order valence-electron chi connectivity index (χ0n) is 11.5. The molecule has 0 fully saturated rings. The number of furan rings is 1. The molecule has 2 aromatic heterocycles. The minimum Gasteiger partial charge on any atom is -0.465 e. The van der Waals surface area contributed by atoms with E-state index in [2.05, 4.69) is 4.98 Å². The van der Waals surface area contributed by atoms with Gasteiger partial charge in [-0.15, -0.1) is 0 Å². The lowest BCUT2D eigenvalue weighted by molar-refractivity contribution is -0.114. The zero-order valence-corrected chi connectivity index (χ0v) is 12.3. The first-order valence-corrected chi connectivity index (χ1v) is 7.48. The van der Waals surface area contributed by atoms with Crippen molar-refractivity contribution < 1.29 is 9.21 Å². The van der Waals surface area contributed by atoms with Crippen LogP contribution < -0.4 is 4.90 Å². The molecule has 4 nitrogen and oxygen atoms in total. The van der Waals surface area contributed by atoms with Gasteiger partial charge in [-0.25, -0.2) is 4.98 Å². The van der Waals surface area contributed by atoms with Crippen molar-refractivity contribution in [2.24, 2.45) is 0 Å². The molecule has 0 unspecified atom stereocenters. The summed E-state index contributed by atoms with van der Waals surface area (Å²) in [5, 5.41) is 0.716. The number of likely N-dealkylation sites (N-methyl/N-ethyl adjacent to an activating group) is 1. The Morgan fingerprint density at radius 2 is 2.19 bits per heavy atom. The number of aromatic nitrogens is 1. The quantitative estimate of drug-likeness (QED) is 0.685. The minimum absolute atomic E-state index is 0.104.